The molecule has 1 amide bonds. The van der Waals surface area contributed by atoms with E-state index in [0.29, 0.717) is 39.3 Å². The van der Waals surface area contributed by atoms with Crippen molar-refractivity contribution in [1.82, 2.24) is 4.90 Å². The van der Waals surface area contributed by atoms with Crippen LogP contribution in [0.4, 0.5) is 0 Å². The molecular weight excluding hydrogens is 458 g/mol. The van der Waals surface area contributed by atoms with Crippen LogP contribution in [-0.2, 0) is 19.4 Å². The van der Waals surface area contributed by atoms with Crippen LogP contribution in [0.15, 0.2) is 45.7 Å². The van der Waals surface area contributed by atoms with Crippen molar-refractivity contribution in [2.45, 2.75) is 19.4 Å². The van der Waals surface area contributed by atoms with Gasteiger partial charge >= 0.3 is 5.97 Å². The Kier molecular flexibility index (Phi) is 6.05. The number of sulfone groups is 1. The normalized spacial score (nSPS) is 21.8. The largest absolute Gasteiger partial charge is 0.462 e. The summed E-state index contributed by atoms with van der Waals surface area (Å²) in [5, 5.41) is 0. The maximum Gasteiger partial charge on any atom is 0.338 e. The fraction of sp³-hybridized carbons (Fsp3) is 0.286. The molecule has 1 aromatic carbocycles. The zero-order chi connectivity index (χ0) is 22.2. The van der Waals surface area contributed by atoms with Crippen LogP contribution in [0.5, 0.6) is 0 Å². The average Bonchev–Trinajstić information content (AvgIpc) is 3.40. The highest BCUT2D eigenvalue weighted by molar-refractivity contribution is 8.26. The Morgan fingerprint density at radius 1 is 1.29 bits per heavy atom. The fourth-order valence-electron chi connectivity index (χ4n) is 3.47. The van der Waals surface area contributed by atoms with Gasteiger partial charge in [-0.15, -0.1) is 0 Å². The van der Waals surface area contributed by atoms with Gasteiger partial charge in [-0.1, -0.05) is 36.1 Å². The van der Waals surface area contributed by atoms with Crippen LogP contribution in [0.25, 0.3) is 17.4 Å². The van der Waals surface area contributed by atoms with Crippen molar-refractivity contribution in [1.29, 1.82) is 0 Å². The molecule has 2 saturated heterocycles. The summed E-state index contributed by atoms with van der Waals surface area (Å²) in [5.74, 6) is 0.395. The predicted molar refractivity (Wildman–Crippen MR) is 122 cm³/mol. The lowest BCUT2D eigenvalue weighted by Gasteiger charge is -2.20. The predicted octanol–water partition coefficient (Wildman–Crippen LogP) is 3.51. The molecule has 1 unspecified atom stereocenters. The molecule has 2 aliphatic rings. The van der Waals surface area contributed by atoms with Crippen LogP contribution in [0.1, 0.15) is 29.5 Å². The second kappa shape index (κ2) is 8.60. The number of hydrogen-bond acceptors (Lipinski definition) is 8. The van der Waals surface area contributed by atoms with E-state index >= 15 is 0 Å². The molecule has 2 aliphatic heterocycles. The molecule has 1 aromatic heterocycles. The Hall–Kier alpha value is -2.43. The molecule has 0 bridgehead atoms. The molecule has 3 heterocycles. The number of benzene rings is 1. The molecule has 0 aliphatic carbocycles. The van der Waals surface area contributed by atoms with Gasteiger partial charge in [0.2, 0.25) is 0 Å². The molecular formula is C21H19NO6S3. The van der Waals surface area contributed by atoms with Gasteiger partial charge in [0.25, 0.3) is 5.91 Å². The lowest BCUT2D eigenvalue weighted by molar-refractivity contribution is -0.123. The van der Waals surface area contributed by atoms with E-state index < -0.39 is 15.9 Å². The van der Waals surface area contributed by atoms with Gasteiger partial charge < -0.3 is 9.15 Å². The number of carbonyl (C=O) groups excluding carboxylic acids is 2. The summed E-state index contributed by atoms with van der Waals surface area (Å²) in [6.07, 6.45) is 2.01. The Bertz CT molecular complexity index is 1180. The minimum Gasteiger partial charge on any atom is -0.462 e. The molecule has 1 atom stereocenters. The van der Waals surface area contributed by atoms with Gasteiger partial charge in [0, 0.05) is 11.6 Å². The van der Waals surface area contributed by atoms with Crippen molar-refractivity contribution >= 4 is 56.1 Å². The number of carbonyl (C=O) groups is 2. The molecule has 0 N–H and O–H groups in total. The number of thiocarbonyl (C=S) groups is 1. The van der Waals surface area contributed by atoms with Gasteiger partial charge in [-0.05, 0) is 37.6 Å². The summed E-state index contributed by atoms with van der Waals surface area (Å²) in [4.78, 5) is 26.4. The Morgan fingerprint density at radius 3 is 2.68 bits per heavy atom. The van der Waals surface area contributed by atoms with E-state index in [1.165, 1.54) is 4.90 Å². The highest BCUT2D eigenvalue weighted by Crippen LogP contribution is 2.37. The molecule has 2 fully saturated rings. The van der Waals surface area contributed by atoms with Crippen molar-refractivity contribution < 1.29 is 27.2 Å². The number of ether oxygens (including phenoxy) is 1. The van der Waals surface area contributed by atoms with Gasteiger partial charge in [-0.3, -0.25) is 9.69 Å². The van der Waals surface area contributed by atoms with Crippen molar-refractivity contribution in [2.24, 2.45) is 0 Å². The number of furan rings is 1. The third kappa shape index (κ3) is 4.60. The van der Waals surface area contributed by atoms with Crippen molar-refractivity contribution in [3.63, 3.8) is 0 Å². The van der Waals surface area contributed by atoms with Crippen molar-refractivity contribution in [3.05, 3.63) is 52.6 Å². The number of nitrogens with zero attached hydrogens (tertiary/aromatic N) is 1. The quantitative estimate of drug-likeness (QED) is 0.367. The highest BCUT2D eigenvalue weighted by Gasteiger charge is 2.42. The number of amides is 1. The minimum atomic E-state index is -3.13. The lowest BCUT2D eigenvalue weighted by Crippen LogP contribution is -2.39. The van der Waals surface area contributed by atoms with Gasteiger partial charge in [0.1, 0.15) is 15.8 Å². The second-order valence-corrected chi connectivity index (χ2v) is 11.0. The van der Waals surface area contributed by atoms with Crippen LogP contribution >= 0.6 is 24.0 Å². The molecule has 7 nitrogen and oxygen atoms in total. The van der Waals surface area contributed by atoms with E-state index in [-0.39, 0.29) is 23.4 Å². The first kappa shape index (κ1) is 21.8. The molecule has 0 saturated carbocycles. The molecule has 0 spiro atoms. The van der Waals surface area contributed by atoms with Gasteiger partial charge in [-0.2, -0.15) is 0 Å². The second-order valence-electron chi connectivity index (χ2n) is 7.11. The van der Waals surface area contributed by atoms with Crippen LogP contribution in [-0.4, -0.2) is 53.7 Å². The topological polar surface area (TPSA) is 93.9 Å². The Morgan fingerprint density at radius 2 is 2.03 bits per heavy atom. The first-order chi connectivity index (χ1) is 14.8. The monoisotopic (exact) mass is 477 g/mol. The Balaban J connectivity index is 1.50. The van der Waals surface area contributed by atoms with Crippen LogP contribution in [0, 0.1) is 0 Å². The zero-order valence-corrected chi connectivity index (χ0v) is 19.0. The highest BCUT2D eigenvalue weighted by atomic mass is 32.2. The van der Waals surface area contributed by atoms with Gasteiger partial charge in [-0.25, -0.2) is 13.2 Å². The Labute approximate surface area is 189 Å². The molecule has 4 rings (SSSR count). The summed E-state index contributed by atoms with van der Waals surface area (Å²) in [6.45, 7) is 2.06. The third-order valence-electron chi connectivity index (χ3n) is 4.98. The average molecular weight is 478 g/mol. The first-order valence-corrected chi connectivity index (χ1v) is 12.7. The standard InChI is InChI=1S/C21H19NO6S3/c1-2-27-20(24)14-5-3-13(4-6-14)17-8-7-16(28-17)11-18-19(23)22(21(29)30-18)15-9-10-31(25,26)12-15/h3-8,11,15H,2,9-10,12H2,1H3. The number of hydrogen-bond donors (Lipinski definition) is 0. The molecule has 31 heavy (non-hydrogen) atoms. The number of esters is 1. The number of thioether (sulfide) groups is 1. The SMILES string of the molecule is CCOC(=O)c1ccc(-c2ccc(C=C3SC(=S)N(C4CCS(=O)(=O)C4)C3=O)o2)cc1. The van der Waals surface area contributed by atoms with E-state index in [0.717, 1.165) is 17.3 Å². The summed E-state index contributed by atoms with van der Waals surface area (Å²) in [6, 6.07) is 9.95. The maximum absolute atomic E-state index is 12.8. The summed E-state index contributed by atoms with van der Waals surface area (Å²) in [5.41, 5.74) is 1.23. The van der Waals surface area contributed by atoms with Crippen molar-refractivity contribution in [3.8, 4) is 11.3 Å². The van der Waals surface area contributed by atoms with Crippen LogP contribution < -0.4 is 0 Å². The van der Waals surface area contributed by atoms with Crippen LogP contribution in [0.3, 0.4) is 0 Å². The van der Waals surface area contributed by atoms with Gasteiger partial charge in [0.15, 0.2) is 9.84 Å². The summed E-state index contributed by atoms with van der Waals surface area (Å²) >= 11 is 6.46. The molecule has 10 heteroatoms. The van der Waals surface area contributed by atoms with E-state index in [9.17, 15) is 18.0 Å². The smallest absolute Gasteiger partial charge is 0.338 e. The first-order valence-electron chi connectivity index (χ1n) is 9.62. The fourth-order valence-corrected chi connectivity index (χ4v) is 6.55. The van der Waals surface area contributed by atoms with E-state index in [1.807, 2.05) is 0 Å². The molecule has 0 radical (unpaired) electrons. The summed E-state index contributed by atoms with van der Waals surface area (Å²) in [7, 11) is -3.13. The van der Waals surface area contributed by atoms with E-state index in [2.05, 4.69) is 0 Å². The number of rotatable bonds is 5. The van der Waals surface area contributed by atoms with Crippen LogP contribution in [0.2, 0.25) is 0 Å². The minimum absolute atomic E-state index is 0.0561. The molecule has 2 aromatic rings. The zero-order valence-electron chi connectivity index (χ0n) is 16.6. The maximum atomic E-state index is 12.8. The molecule has 162 valence electrons. The van der Waals surface area contributed by atoms with Crippen molar-refractivity contribution in [2.75, 3.05) is 18.1 Å². The lowest BCUT2D eigenvalue weighted by atomic mass is 10.1. The van der Waals surface area contributed by atoms with Gasteiger partial charge in [0.05, 0.1) is 34.6 Å². The summed E-state index contributed by atoms with van der Waals surface area (Å²) < 4.78 is 34.7. The third-order valence-corrected chi connectivity index (χ3v) is 8.06. The van der Waals surface area contributed by atoms with E-state index in [4.69, 9.17) is 21.4 Å². The van der Waals surface area contributed by atoms with E-state index in [1.54, 1.807) is 49.4 Å².